The van der Waals surface area contributed by atoms with Gasteiger partial charge in [0.25, 0.3) is 0 Å². The second-order valence-electron chi connectivity index (χ2n) is 5.29. The van der Waals surface area contributed by atoms with Crippen LogP contribution in [0.2, 0.25) is 0 Å². The fourth-order valence-electron chi connectivity index (χ4n) is 2.87. The van der Waals surface area contributed by atoms with E-state index in [9.17, 15) is 5.11 Å². The van der Waals surface area contributed by atoms with E-state index >= 15 is 0 Å². The van der Waals surface area contributed by atoms with E-state index < -0.39 is 5.60 Å². The van der Waals surface area contributed by atoms with Crippen LogP contribution in [0.3, 0.4) is 0 Å². The summed E-state index contributed by atoms with van der Waals surface area (Å²) in [6.45, 7) is 4.51. The van der Waals surface area contributed by atoms with Gasteiger partial charge in [0.05, 0.1) is 11.2 Å². The van der Waals surface area contributed by atoms with Crippen LogP contribution in [0.1, 0.15) is 23.2 Å². The number of thiazole rings is 1. The molecule has 1 aliphatic heterocycles. The van der Waals surface area contributed by atoms with Crippen LogP contribution in [0.15, 0.2) is 35.2 Å². The Kier molecular flexibility index (Phi) is 3.39. The zero-order valence-corrected chi connectivity index (χ0v) is 11.9. The number of hydrogen-bond donors (Lipinski definition) is 1. The summed E-state index contributed by atoms with van der Waals surface area (Å²) in [5, 5.41) is 13.0. The lowest BCUT2D eigenvalue weighted by atomic mass is 9.89. The van der Waals surface area contributed by atoms with E-state index in [1.165, 1.54) is 5.56 Å². The quantitative estimate of drug-likeness (QED) is 0.934. The number of likely N-dealkylation sites (tertiary alicyclic amines) is 1. The molecule has 2 heterocycles. The number of nitrogens with zero attached hydrogens (tertiary/aromatic N) is 2. The van der Waals surface area contributed by atoms with Gasteiger partial charge in [-0.1, -0.05) is 24.3 Å². The third-order valence-electron chi connectivity index (χ3n) is 3.84. The minimum atomic E-state index is -0.707. The summed E-state index contributed by atoms with van der Waals surface area (Å²) in [6.07, 6.45) is 0.794. The summed E-state index contributed by atoms with van der Waals surface area (Å²) in [6, 6.07) is 8.13. The Hall–Kier alpha value is -1.23. The van der Waals surface area contributed by atoms with Crippen LogP contribution in [0, 0.1) is 6.92 Å². The average Bonchev–Trinajstić information content (AvgIpc) is 3.01. The van der Waals surface area contributed by atoms with Gasteiger partial charge >= 0.3 is 0 Å². The molecule has 1 N–H and O–H groups in total. The molecule has 0 amide bonds. The molecular formula is C15H18N2OS. The first-order valence-electron chi connectivity index (χ1n) is 6.55. The topological polar surface area (TPSA) is 36.4 Å². The van der Waals surface area contributed by atoms with Gasteiger partial charge < -0.3 is 5.11 Å². The van der Waals surface area contributed by atoms with Gasteiger partial charge in [-0.2, -0.15) is 0 Å². The summed E-state index contributed by atoms with van der Waals surface area (Å²) < 4.78 is 0. The van der Waals surface area contributed by atoms with Crippen molar-refractivity contribution in [3.8, 4) is 0 Å². The van der Waals surface area contributed by atoms with Crippen molar-refractivity contribution < 1.29 is 5.11 Å². The lowest BCUT2D eigenvalue weighted by Gasteiger charge is -2.25. The van der Waals surface area contributed by atoms with Gasteiger partial charge in [0.1, 0.15) is 5.60 Å². The molecule has 1 fully saturated rings. The van der Waals surface area contributed by atoms with Gasteiger partial charge in [-0.3, -0.25) is 4.90 Å². The van der Waals surface area contributed by atoms with Crippen molar-refractivity contribution in [3.05, 3.63) is 52.0 Å². The summed E-state index contributed by atoms with van der Waals surface area (Å²) >= 11 is 1.62. The number of β-amino-alcohol motifs (C(OH)–C–C–N with tert-alkyl or cyclic N) is 1. The number of rotatable bonds is 3. The van der Waals surface area contributed by atoms with E-state index in [1.54, 1.807) is 11.3 Å². The molecule has 1 aromatic heterocycles. The summed E-state index contributed by atoms with van der Waals surface area (Å²) in [7, 11) is 0. The van der Waals surface area contributed by atoms with Crippen molar-refractivity contribution in [2.45, 2.75) is 25.5 Å². The maximum absolute atomic E-state index is 10.9. The first-order chi connectivity index (χ1) is 9.17. The van der Waals surface area contributed by atoms with Crippen molar-refractivity contribution in [3.63, 3.8) is 0 Å². The van der Waals surface area contributed by atoms with Crippen LogP contribution in [0.25, 0.3) is 0 Å². The van der Waals surface area contributed by atoms with Gasteiger partial charge in [-0.05, 0) is 24.5 Å². The van der Waals surface area contributed by atoms with Crippen molar-refractivity contribution in [1.82, 2.24) is 9.88 Å². The Balaban J connectivity index is 1.75. The molecule has 1 atom stereocenters. The first-order valence-corrected chi connectivity index (χ1v) is 7.49. The molecule has 2 aromatic rings. The van der Waals surface area contributed by atoms with Crippen LogP contribution in [0.4, 0.5) is 0 Å². The average molecular weight is 274 g/mol. The molecule has 3 nitrogen and oxygen atoms in total. The third kappa shape index (κ3) is 2.56. The Morgan fingerprint density at radius 3 is 3.00 bits per heavy atom. The second kappa shape index (κ2) is 5.04. The number of aromatic nitrogens is 1. The van der Waals surface area contributed by atoms with E-state index in [2.05, 4.69) is 28.3 Å². The van der Waals surface area contributed by atoms with Crippen LogP contribution < -0.4 is 0 Å². The minimum Gasteiger partial charge on any atom is -0.384 e. The molecular weight excluding hydrogens is 256 g/mol. The van der Waals surface area contributed by atoms with Crippen LogP contribution in [-0.2, 0) is 12.1 Å². The third-order valence-corrected chi connectivity index (χ3v) is 4.48. The highest BCUT2D eigenvalue weighted by molar-refractivity contribution is 7.07. The molecule has 1 aliphatic rings. The van der Waals surface area contributed by atoms with Crippen LogP contribution in [0.5, 0.6) is 0 Å². The van der Waals surface area contributed by atoms with Crippen LogP contribution >= 0.6 is 11.3 Å². The Morgan fingerprint density at radius 1 is 1.42 bits per heavy atom. The number of aryl methyl sites for hydroxylation is 1. The molecule has 100 valence electrons. The Bertz CT molecular complexity index is 555. The molecule has 0 bridgehead atoms. The smallest absolute Gasteiger partial charge is 0.104 e. The lowest BCUT2D eigenvalue weighted by molar-refractivity contribution is 0.0446. The van der Waals surface area contributed by atoms with Crippen LogP contribution in [-0.4, -0.2) is 28.1 Å². The van der Waals surface area contributed by atoms with E-state index in [1.807, 2.05) is 23.7 Å². The summed E-state index contributed by atoms with van der Waals surface area (Å²) in [5.41, 5.74) is 4.48. The zero-order valence-electron chi connectivity index (χ0n) is 11.0. The number of aliphatic hydroxyl groups is 1. The molecule has 0 unspecified atom stereocenters. The normalized spacial score (nSPS) is 23.9. The van der Waals surface area contributed by atoms with Crippen molar-refractivity contribution in [2.75, 3.05) is 13.1 Å². The van der Waals surface area contributed by atoms with Crippen molar-refractivity contribution in [1.29, 1.82) is 0 Å². The second-order valence-corrected chi connectivity index (χ2v) is 6.01. The van der Waals surface area contributed by atoms with Crippen molar-refractivity contribution >= 4 is 11.3 Å². The molecule has 19 heavy (non-hydrogen) atoms. The summed E-state index contributed by atoms with van der Waals surface area (Å²) in [5.74, 6) is 0. The Labute approximate surface area is 117 Å². The van der Waals surface area contributed by atoms with Gasteiger partial charge in [-0.25, -0.2) is 4.98 Å². The van der Waals surface area contributed by atoms with E-state index in [-0.39, 0.29) is 0 Å². The standard InChI is InChI=1S/C15H18N2OS/c1-12-4-2-3-5-14(12)15(18)6-7-17(10-15)8-13-9-19-11-16-13/h2-5,9,11,18H,6-8,10H2,1H3/t15-/m1/s1. The molecule has 1 aromatic carbocycles. The van der Waals surface area contributed by atoms with E-state index in [0.717, 1.165) is 30.8 Å². The van der Waals surface area contributed by atoms with Crippen molar-refractivity contribution in [2.24, 2.45) is 0 Å². The molecule has 1 saturated heterocycles. The highest BCUT2D eigenvalue weighted by atomic mass is 32.1. The SMILES string of the molecule is Cc1ccccc1[C@@]1(O)CCN(Cc2cscn2)C1. The fraction of sp³-hybridized carbons (Fsp3) is 0.400. The molecule has 0 aliphatic carbocycles. The maximum atomic E-state index is 10.9. The Morgan fingerprint density at radius 2 is 2.26 bits per heavy atom. The predicted octanol–water partition coefficient (Wildman–Crippen LogP) is 2.55. The monoisotopic (exact) mass is 274 g/mol. The maximum Gasteiger partial charge on any atom is 0.104 e. The molecule has 0 radical (unpaired) electrons. The van der Waals surface area contributed by atoms with Gasteiger partial charge in [-0.15, -0.1) is 11.3 Å². The molecule has 3 rings (SSSR count). The molecule has 4 heteroatoms. The molecule has 0 spiro atoms. The lowest BCUT2D eigenvalue weighted by Crippen LogP contribution is -2.31. The minimum absolute atomic E-state index is 0.690. The molecule has 0 saturated carbocycles. The van der Waals surface area contributed by atoms with E-state index in [4.69, 9.17) is 0 Å². The number of benzene rings is 1. The predicted molar refractivity (Wildman–Crippen MR) is 77.1 cm³/mol. The summed E-state index contributed by atoms with van der Waals surface area (Å²) in [4.78, 5) is 6.59. The van der Waals surface area contributed by atoms with Gasteiger partial charge in [0.2, 0.25) is 0 Å². The first kappa shape index (κ1) is 12.8. The zero-order chi connectivity index (χ0) is 13.3. The largest absolute Gasteiger partial charge is 0.384 e. The highest BCUT2D eigenvalue weighted by Crippen LogP contribution is 2.34. The van der Waals surface area contributed by atoms with Gasteiger partial charge in [0.15, 0.2) is 0 Å². The highest BCUT2D eigenvalue weighted by Gasteiger charge is 2.38. The fourth-order valence-corrected chi connectivity index (χ4v) is 3.42. The van der Waals surface area contributed by atoms with Gasteiger partial charge in [0, 0.05) is 25.0 Å². The number of hydrogen-bond acceptors (Lipinski definition) is 4. The van der Waals surface area contributed by atoms with E-state index in [0.29, 0.717) is 6.54 Å².